The molecule has 0 aliphatic rings. The number of rotatable bonds is 2. The second-order valence-corrected chi connectivity index (χ2v) is 5.54. The zero-order valence-electron chi connectivity index (χ0n) is 7.95. The molecule has 0 saturated heterocycles. The van der Waals surface area contributed by atoms with Crippen molar-refractivity contribution in [1.82, 2.24) is 4.98 Å². The van der Waals surface area contributed by atoms with Crippen molar-refractivity contribution in [1.29, 1.82) is 0 Å². The van der Waals surface area contributed by atoms with Crippen LogP contribution in [-0.2, 0) is 0 Å². The van der Waals surface area contributed by atoms with Crippen molar-refractivity contribution in [3.63, 3.8) is 0 Å². The first kappa shape index (κ1) is 12.1. The van der Waals surface area contributed by atoms with E-state index in [1.807, 2.05) is 24.3 Å². The minimum absolute atomic E-state index is 0.506. The fourth-order valence-corrected chi connectivity index (χ4v) is 2.35. The van der Waals surface area contributed by atoms with Crippen LogP contribution in [0.5, 0.6) is 11.6 Å². The van der Waals surface area contributed by atoms with E-state index in [0.29, 0.717) is 10.9 Å². The Balaban J connectivity index is 2.27. The summed E-state index contributed by atoms with van der Waals surface area (Å²) >= 11 is 11.4. The third kappa shape index (κ3) is 3.09. The lowest BCUT2D eigenvalue weighted by atomic mass is 10.3. The Kier molecular flexibility index (Phi) is 4.05. The van der Waals surface area contributed by atoms with E-state index in [1.54, 1.807) is 12.3 Å². The van der Waals surface area contributed by atoms with Gasteiger partial charge in [-0.1, -0.05) is 17.7 Å². The second-order valence-electron chi connectivity index (χ2n) is 3.00. The lowest BCUT2D eigenvalue weighted by Crippen LogP contribution is -1.89. The van der Waals surface area contributed by atoms with Gasteiger partial charge in [0.1, 0.15) is 5.75 Å². The van der Waals surface area contributed by atoms with Crippen LogP contribution in [0.3, 0.4) is 0 Å². The summed E-state index contributed by atoms with van der Waals surface area (Å²) in [7, 11) is 0. The van der Waals surface area contributed by atoms with Crippen molar-refractivity contribution >= 4 is 50.1 Å². The zero-order chi connectivity index (χ0) is 11.5. The van der Waals surface area contributed by atoms with Gasteiger partial charge in [0.15, 0.2) is 0 Å². The summed E-state index contributed by atoms with van der Waals surface area (Å²) < 4.78 is 7.47. The number of halogens is 3. The molecule has 0 spiro atoms. The highest BCUT2D eigenvalue weighted by Gasteiger charge is 2.05. The summed E-state index contributed by atoms with van der Waals surface area (Å²) in [4.78, 5) is 4.10. The van der Waals surface area contributed by atoms with Crippen LogP contribution < -0.4 is 4.74 Å². The predicted octanol–water partition coefficient (Wildman–Crippen LogP) is 4.89. The van der Waals surface area contributed by atoms with E-state index < -0.39 is 0 Å². The Morgan fingerprint density at radius 2 is 2.12 bits per heavy atom. The van der Waals surface area contributed by atoms with Crippen LogP contribution in [0.2, 0.25) is 5.02 Å². The molecular weight excluding hydrogens is 404 g/mol. The molecule has 0 fully saturated rings. The average molecular weight is 410 g/mol. The number of aromatic nitrogens is 1. The van der Waals surface area contributed by atoms with Crippen molar-refractivity contribution in [3.05, 3.63) is 49.6 Å². The monoisotopic (exact) mass is 409 g/mol. The van der Waals surface area contributed by atoms with Crippen LogP contribution in [0.4, 0.5) is 0 Å². The maximum Gasteiger partial charge on any atom is 0.233 e. The number of hydrogen-bond donors (Lipinski definition) is 0. The van der Waals surface area contributed by atoms with Crippen LogP contribution in [-0.4, -0.2) is 4.98 Å². The number of hydrogen-bond acceptors (Lipinski definition) is 2. The lowest BCUT2D eigenvalue weighted by Gasteiger charge is -2.06. The van der Waals surface area contributed by atoms with E-state index in [0.717, 1.165) is 13.8 Å². The van der Waals surface area contributed by atoms with Crippen molar-refractivity contribution in [2.24, 2.45) is 0 Å². The lowest BCUT2D eigenvalue weighted by molar-refractivity contribution is 0.459. The van der Waals surface area contributed by atoms with Gasteiger partial charge in [0.25, 0.3) is 0 Å². The minimum atomic E-state index is 0.506. The molecule has 0 N–H and O–H groups in total. The van der Waals surface area contributed by atoms with E-state index in [1.165, 1.54) is 0 Å². The van der Waals surface area contributed by atoms with Crippen molar-refractivity contribution in [2.45, 2.75) is 0 Å². The Hall–Kier alpha value is -0.330. The highest BCUT2D eigenvalue weighted by Crippen LogP contribution is 2.29. The summed E-state index contributed by atoms with van der Waals surface area (Å²) in [5.74, 6) is 1.26. The molecule has 0 aliphatic heterocycles. The predicted molar refractivity (Wildman–Crippen MR) is 76.2 cm³/mol. The van der Waals surface area contributed by atoms with Gasteiger partial charge in [-0.05, 0) is 62.8 Å². The van der Waals surface area contributed by atoms with Crippen LogP contribution >= 0.6 is 50.1 Å². The van der Waals surface area contributed by atoms with Gasteiger partial charge in [0, 0.05) is 9.77 Å². The Morgan fingerprint density at radius 3 is 2.81 bits per heavy atom. The quantitative estimate of drug-likeness (QED) is 0.658. The molecule has 82 valence electrons. The Bertz CT molecular complexity index is 521. The zero-order valence-corrected chi connectivity index (χ0v) is 12.5. The highest BCUT2D eigenvalue weighted by atomic mass is 127. The standard InChI is InChI=1S/C11H6BrClINO/c12-10-4-7(13)6-15-11(10)16-9-3-1-2-8(14)5-9/h1-6H. The Morgan fingerprint density at radius 1 is 1.31 bits per heavy atom. The summed E-state index contributed by atoms with van der Waals surface area (Å²) in [6.45, 7) is 0. The molecule has 1 aromatic carbocycles. The third-order valence-electron chi connectivity index (χ3n) is 1.78. The number of ether oxygens (including phenoxy) is 1. The molecule has 0 radical (unpaired) electrons. The smallest absolute Gasteiger partial charge is 0.233 e. The van der Waals surface area contributed by atoms with Crippen LogP contribution in [0.25, 0.3) is 0 Å². The van der Waals surface area contributed by atoms with Crippen molar-refractivity contribution in [2.75, 3.05) is 0 Å². The molecule has 16 heavy (non-hydrogen) atoms. The molecule has 0 aliphatic carbocycles. The fraction of sp³-hybridized carbons (Fsp3) is 0. The van der Waals surface area contributed by atoms with E-state index in [-0.39, 0.29) is 0 Å². The Labute approximate surface area is 120 Å². The third-order valence-corrected chi connectivity index (χ3v) is 3.23. The number of nitrogens with zero attached hydrogens (tertiary/aromatic N) is 1. The number of pyridine rings is 1. The van der Waals surface area contributed by atoms with E-state index >= 15 is 0 Å². The van der Waals surface area contributed by atoms with Gasteiger partial charge in [0.2, 0.25) is 5.88 Å². The summed E-state index contributed by atoms with van der Waals surface area (Å²) in [5.41, 5.74) is 0. The largest absolute Gasteiger partial charge is 0.438 e. The molecule has 0 saturated carbocycles. The second kappa shape index (κ2) is 5.33. The van der Waals surface area contributed by atoms with Crippen LogP contribution in [0, 0.1) is 3.57 Å². The van der Waals surface area contributed by atoms with Gasteiger partial charge in [-0.2, -0.15) is 0 Å². The summed E-state index contributed by atoms with van der Waals surface area (Å²) in [6.07, 6.45) is 1.55. The van der Waals surface area contributed by atoms with Gasteiger partial charge in [-0.25, -0.2) is 4.98 Å². The molecule has 2 aromatic rings. The molecule has 0 bridgehead atoms. The maximum absolute atomic E-state index is 5.80. The van der Waals surface area contributed by atoms with Gasteiger partial charge in [-0.3, -0.25) is 0 Å². The van der Waals surface area contributed by atoms with Crippen molar-refractivity contribution in [3.8, 4) is 11.6 Å². The molecule has 2 nitrogen and oxygen atoms in total. The van der Waals surface area contributed by atoms with Crippen LogP contribution in [0.15, 0.2) is 41.0 Å². The average Bonchev–Trinajstić information content (AvgIpc) is 2.22. The SMILES string of the molecule is Clc1cnc(Oc2cccc(I)c2)c(Br)c1. The van der Waals surface area contributed by atoms with Gasteiger partial charge in [0.05, 0.1) is 9.50 Å². The first-order chi connectivity index (χ1) is 7.65. The summed E-state index contributed by atoms with van der Waals surface area (Å²) in [5, 5.41) is 0.571. The molecule has 0 atom stereocenters. The molecule has 5 heteroatoms. The molecule has 2 rings (SSSR count). The topological polar surface area (TPSA) is 22.1 Å². The first-order valence-electron chi connectivity index (χ1n) is 4.39. The van der Waals surface area contributed by atoms with Crippen LogP contribution in [0.1, 0.15) is 0 Å². The molecular formula is C11H6BrClINO. The fourth-order valence-electron chi connectivity index (χ4n) is 1.12. The highest BCUT2D eigenvalue weighted by molar-refractivity contribution is 14.1. The van der Waals surface area contributed by atoms with Gasteiger partial charge < -0.3 is 4.74 Å². The first-order valence-corrected chi connectivity index (χ1v) is 6.64. The molecule has 0 amide bonds. The maximum atomic E-state index is 5.80. The van der Waals surface area contributed by atoms with Gasteiger partial charge in [-0.15, -0.1) is 0 Å². The van der Waals surface area contributed by atoms with E-state index in [4.69, 9.17) is 16.3 Å². The van der Waals surface area contributed by atoms with Crippen molar-refractivity contribution < 1.29 is 4.74 Å². The minimum Gasteiger partial charge on any atom is -0.438 e. The van der Waals surface area contributed by atoms with E-state index in [2.05, 4.69) is 43.5 Å². The van der Waals surface area contributed by atoms with Gasteiger partial charge >= 0.3 is 0 Å². The normalized spacial score (nSPS) is 10.2. The molecule has 0 unspecified atom stereocenters. The molecule has 1 aromatic heterocycles. The number of benzene rings is 1. The summed E-state index contributed by atoms with van der Waals surface area (Å²) in [6, 6.07) is 9.49. The molecule has 1 heterocycles. The van der Waals surface area contributed by atoms with E-state index in [9.17, 15) is 0 Å².